The predicted molar refractivity (Wildman–Crippen MR) is 97.9 cm³/mol. The molecule has 0 aromatic heterocycles. The van der Waals surface area contributed by atoms with Gasteiger partial charge >= 0.3 is 7.12 Å². The number of carbonyl (C=O) groups excluding carboxylic acids is 1. The van der Waals surface area contributed by atoms with Gasteiger partial charge in [0.1, 0.15) is 0 Å². The fraction of sp³-hybridized carbons (Fsp3) is 0.632. The molecule has 2 aliphatic heterocycles. The van der Waals surface area contributed by atoms with Gasteiger partial charge in [0.25, 0.3) is 0 Å². The number of carbonyl (C=O) groups is 1. The number of aryl methyl sites for hydroxylation is 1. The average molecular weight is 345 g/mol. The second kappa shape index (κ2) is 7.10. The first-order chi connectivity index (χ1) is 11.8. The molecule has 0 N–H and O–H groups in total. The summed E-state index contributed by atoms with van der Waals surface area (Å²) < 4.78 is 17.7. The van der Waals surface area contributed by atoms with E-state index in [0.717, 1.165) is 11.0 Å². The fourth-order valence-corrected chi connectivity index (χ4v) is 3.17. The molecule has 0 aliphatic carbocycles. The lowest BCUT2D eigenvalue weighted by Crippen LogP contribution is -2.41. The number of hydrogen-bond donors (Lipinski definition) is 0. The van der Waals surface area contributed by atoms with Crippen molar-refractivity contribution < 1.29 is 18.8 Å². The van der Waals surface area contributed by atoms with Crippen LogP contribution in [-0.4, -0.2) is 55.4 Å². The molecular formula is C19H28BNO4. The van der Waals surface area contributed by atoms with E-state index in [9.17, 15) is 4.79 Å². The Balaban J connectivity index is 1.68. The quantitative estimate of drug-likeness (QED) is 0.781. The molecule has 0 radical (unpaired) electrons. The van der Waals surface area contributed by atoms with E-state index in [2.05, 4.69) is 33.8 Å². The van der Waals surface area contributed by atoms with Gasteiger partial charge in [-0.25, -0.2) is 0 Å². The molecule has 2 aliphatic rings. The van der Waals surface area contributed by atoms with Crippen molar-refractivity contribution in [3.05, 3.63) is 29.8 Å². The van der Waals surface area contributed by atoms with Crippen molar-refractivity contribution in [1.29, 1.82) is 0 Å². The molecule has 6 heteroatoms. The minimum atomic E-state index is -0.389. The number of ether oxygens (including phenoxy) is 1. The van der Waals surface area contributed by atoms with Crippen molar-refractivity contribution in [2.24, 2.45) is 0 Å². The van der Waals surface area contributed by atoms with Gasteiger partial charge in [-0.1, -0.05) is 24.3 Å². The van der Waals surface area contributed by atoms with E-state index >= 15 is 0 Å². The smallest absolute Gasteiger partial charge is 0.399 e. The van der Waals surface area contributed by atoms with Crippen LogP contribution in [0.25, 0.3) is 0 Å². The largest absolute Gasteiger partial charge is 0.495 e. The van der Waals surface area contributed by atoms with E-state index in [1.54, 1.807) is 0 Å². The summed E-state index contributed by atoms with van der Waals surface area (Å²) in [5, 5.41) is 0. The summed E-state index contributed by atoms with van der Waals surface area (Å²) in [6, 6.07) is 8.10. The first kappa shape index (κ1) is 18.4. The van der Waals surface area contributed by atoms with Crippen LogP contribution in [0.3, 0.4) is 0 Å². The fourth-order valence-electron chi connectivity index (χ4n) is 3.17. The second-order valence-electron chi connectivity index (χ2n) is 7.78. The highest BCUT2D eigenvalue weighted by molar-refractivity contribution is 6.62. The Bertz CT molecular complexity index is 610. The summed E-state index contributed by atoms with van der Waals surface area (Å²) in [6.45, 7) is 10.9. The van der Waals surface area contributed by atoms with Gasteiger partial charge in [0.2, 0.25) is 5.91 Å². The molecule has 0 saturated carbocycles. The van der Waals surface area contributed by atoms with E-state index in [0.29, 0.717) is 39.1 Å². The van der Waals surface area contributed by atoms with Crippen LogP contribution in [0.1, 0.15) is 39.7 Å². The number of nitrogens with zero attached hydrogens (tertiary/aromatic N) is 1. The molecule has 2 heterocycles. The maximum absolute atomic E-state index is 12.4. The van der Waals surface area contributed by atoms with Gasteiger partial charge in [-0.3, -0.25) is 4.79 Å². The molecule has 2 fully saturated rings. The van der Waals surface area contributed by atoms with Crippen LogP contribution in [0.4, 0.5) is 0 Å². The number of rotatable bonds is 4. The SMILES string of the molecule is CC1(C)OB(c2ccccc2CCC(=O)N2CCOCC2)OC1(C)C. The highest BCUT2D eigenvalue weighted by Gasteiger charge is 2.52. The van der Waals surface area contributed by atoms with Crippen molar-refractivity contribution in [2.45, 2.75) is 51.7 Å². The highest BCUT2D eigenvalue weighted by atomic mass is 16.7. The standard InChI is InChI=1S/C19H28BNO4/c1-18(2)19(3,4)25-20(24-18)16-8-6-5-7-15(16)9-10-17(22)21-11-13-23-14-12-21/h5-8H,9-14H2,1-4H3. The molecular weight excluding hydrogens is 317 g/mol. The van der Waals surface area contributed by atoms with Crippen LogP contribution in [0, 0.1) is 0 Å². The van der Waals surface area contributed by atoms with E-state index in [4.69, 9.17) is 14.0 Å². The van der Waals surface area contributed by atoms with Crippen LogP contribution in [-0.2, 0) is 25.3 Å². The van der Waals surface area contributed by atoms with Gasteiger partial charge in [0, 0.05) is 19.5 Å². The Kier molecular flexibility index (Phi) is 5.23. The van der Waals surface area contributed by atoms with E-state index in [1.807, 2.05) is 23.1 Å². The third-order valence-electron chi connectivity index (χ3n) is 5.53. The Labute approximate surface area is 150 Å². The summed E-state index contributed by atoms with van der Waals surface area (Å²) in [7, 11) is -0.389. The van der Waals surface area contributed by atoms with Crippen molar-refractivity contribution in [1.82, 2.24) is 4.90 Å². The van der Waals surface area contributed by atoms with E-state index in [-0.39, 0.29) is 24.2 Å². The minimum absolute atomic E-state index is 0.187. The summed E-state index contributed by atoms with van der Waals surface area (Å²) in [6.07, 6.45) is 1.19. The molecule has 0 spiro atoms. The molecule has 136 valence electrons. The molecule has 1 aromatic carbocycles. The lowest BCUT2D eigenvalue weighted by molar-refractivity contribution is -0.135. The van der Waals surface area contributed by atoms with Crippen LogP contribution in [0.2, 0.25) is 0 Å². The van der Waals surface area contributed by atoms with Gasteiger partial charge in [-0.2, -0.15) is 0 Å². The summed E-state index contributed by atoms with van der Waals surface area (Å²) >= 11 is 0. The first-order valence-electron chi connectivity index (χ1n) is 9.09. The third kappa shape index (κ3) is 3.91. The van der Waals surface area contributed by atoms with Crippen LogP contribution >= 0.6 is 0 Å². The van der Waals surface area contributed by atoms with Crippen LogP contribution in [0.5, 0.6) is 0 Å². The monoisotopic (exact) mass is 345 g/mol. The number of benzene rings is 1. The number of amides is 1. The summed E-state index contributed by atoms with van der Waals surface area (Å²) in [4.78, 5) is 14.3. The lowest BCUT2D eigenvalue weighted by atomic mass is 9.75. The maximum atomic E-state index is 12.4. The zero-order valence-corrected chi connectivity index (χ0v) is 15.7. The Morgan fingerprint density at radius 1 is 1.08 bits per heavy atom. The van der Waals surface area contributed by atoms with Gasteiger partial charge in [0.05, 0.1) is 24.4 Å². The number of hydrogen-bond acceptors (Lipinski definition) is 4. The molecule has 1 amide bonds. The summed E-state index contributed by atoms with van der Waals surface area (Å²) in [5.41, 5.74) is 1.40. The molecule has 0 atom stereocenters. The predicted octanol–water partition coefficient (Wildman–Crippen LogP) is 1.78. The van der Waals surface area contributed by atoms with Crippen molar-refractivity contribution in [3.63, 3.8) is 0 Å². The molecule has 1 aromatic rings. The van der Waals surface area contributed by atoms with Crippen molar-refractivity contribution in [3.8, 4) is 0 Å². The third-order valence-corrected chi connectivity index (χ3v) is 5.53. The zero-order valence-electron chi connectivity index (χ0n) is 15.7. The second-order valence-corrected chi connectivity index (χ2v) is 7.78. The molecule has 0 bridgehead atoms. The zero-order chi connectivity index (χ0) is 18.1. The Morgan fingerprint density at radius 2 is 1.68 bits per heavy atom. The van der Waals surface area contributed by atoms with Gasteiger partial charge in [-0.05, 0) is 45.1 Å². The maximum Gasteiger partial charge on any atom is 0.495 e. The van der Waals surface area contributed by atoms with E-state index < -0.39 is 0 Å². The Morgan fingerprint density at radius 3 is 2.32 bits per heavy atom. The van der Waals surface area contributed by atoms with Gasteiger partial charge in [-0.15, -0.1) is 0 Å². The summed E-state index contributed by atoms with van der Waals surface area (Å²) in [5.74, 6) is 0.187. The van der Waals surface area contributed by atoms with E-state index in [1.165, 1.54) is 0 Å². The average Bonchev–Trinajstić information content (AvgIpc) is 2.81. The normalized spacial score (nSPS) is 22.2. The topological polar surface area (TPSA) is 48.0 Å². The minimum Gasteiger partial charge on any atom is -0.399 e. The lowest BCUT2D eigenvalue weighted by Gasteiger charge is -2.32. The number of morpholine rings is 1. The van der Waals surface area contributed by atoms with Crippen molar-refractivity contribution in [2.75, 3.05) is 26.3 Å². The van der Waals surface area contributed by atoms with Gasteiger partial charge < -0.3 is 18.9 Å². The van der Waals surface area contributed by atoms with Crippen LogP contribution < -0.4 is 5.46 Å². The molecule has 2 saturated heterocycles. The van der Waals surface area contributed by atoms with Crippen LogP contribution in [0.15, 0.2) is 24.3 Å². The molecule has 3 rings (SSSR count). The molecule has 25 heavy (non-hydrogen) atoms. The van der Waals surface area contributed by atoms with Gasteiger partial charge in [0.15, 0.2) is 0 Å². The Hall–Kier alpha value is -1.37. The molecule has 0 unspecified atom stereocenters. The highest BCUT2D eigenvalue weighted by Crippen LogP contribution is 2.36. The molecule has 5 nitrogen and oxygen atoms in total. The first-order valence-corrected chi connectivity index (χ1v) is 9.09. The van der Waals surface area contributed by atoms with Crippen molar-refractivity contribution >= 4 is 18.5 Å².